The summed E-state index contributed by atoms with van der Waals surface area (Å²) < 4.78 is 31.3. The highest BCUT2D eigenvalue weighted by atomic mass is 32.2. The molecule has 0 saturated heterocycles. The fourth-order valence-electron chi connectivity index (χ4n) is 3.02. The maximum Gasteiger partial charge on any atom is 0.179 e. The summed E-state index contributed by atoms with van der Waals surface area (Å²) in [5, 5.41) is 2.05. The molecule has 0 aliphatic rings. The minimum Gasteiger partial charge on any atom is -0.454 e. The van der Waals surface area contributed by atoms with Crippen LogP contribution in [-0.2, 0) is 9.84 Å². The zero-order valence-corrected chi connectivity index (χ0v) is 19.1. The van der Waals surface area contributed by atoms with Crippen molar-refractivity contribution in [1.82, 2.24) is 5.43 Å². The number of benzene rings is 2. The van der Waals surface area contributed by atoms with Crippen LogP contribution in [0.2, 0.25) is 0 Å². The van der Waals surface area contributed by atoms with E-state index < -0.39 is 9.84 Å². The number of aryl methyl sites for hydroxylation is 2. The molecule has 0 saturated carbocycles. The van der Waals surface area contributed by atoms with Crippen LogP contribution in [0.4, 0.5) is 5.69 Å². The van der Waals surface area contributed by atoms with E-state index in [1.54, 1.807) is 6.07 Å². The first-order valence-electron chi connectivity index (χ1n) is 10.4. The van der Waals surface area contributed by atoms with E-state index in [0.29, 0.717) is 11.5 Å². The van der Waals surface area contributed by atoms with Gasteiger partial charge in [0.2, 0.25) is 0 Å². The monoisotopic (exact) mass is 418 g/mol. The van der Waals surface area contributed by atoms with Crippen molar-refractivity contribution in [3.63, 3.8) is 0 Å². The van der Waals surface area contributed by atoms with Crippen LogP contribution in [0.1, 0.15) is 50.7 Å². The third-order valence-electron chi connectivity index (χ3n) is 4.68. The molecule has 0 amide bonds. The van der Waals surface area contributed by atoms with Crippen LogP contribution in [0.3, 0.4) is 0 Å². The van der Waals surface area contributed by atoms with Crippen molar-refractivity contribution in [2.75, 3.05) is 24.4 Å². The molecule has 2 rings (SSSR count). The summed E-state index contributed by atoms with van der Waals surface area (Å²) in [6, 6.07) is 11.3. The number of hydrazine groups is 1. The average Bonchev–Trinajstić information content (AvgIpc) is 2.66. The Kier molecular flexibility index (Phi) is 8.53. The Balaban J connectivity index is 2.57. The van der Waals surface area contributed by atoms with Gasteiger partial charge in [0.1, 0.15) is 10.6 Å². The van der Waals surface area contributed by atoms with E-state index in [9.17, 15) is 8.42 Å². The summed E-state index contributed by atoms with van der Waals surface area (Å²) in [5.41, 5.74) is 6.24. The lowest BCUT2D eigenvalue weighted by atomic mass is 10.2. The molecule has 0 spiro atoms. The molecule has 0 heterocycles. The zero-order chi connectivity index (χ0) is 21.4. The third kappa shape index (κ3) is 6.75. The topological polar surface area (TPSA) is 58.6 Å². The molecule has 1 N–H and O–H groups in total. The number of hydrogen-bond donors (Lipinski definition) is 1. The Labute approximate surface area is 176 Å². The quantitative estimate of drug-likeness (QED) is 0.390. The summed E-state index contributed by atoms with van der Waals surface area (Å²) >= 11 is 0. The van der Waals surface area contributed by atoms with E-state index >= 15 is 0 Å². The third-order valence-corrected chi connectivity index (χ3v) is 5.78. The number of unbranched alkanes of at least 4 members (excludes halogenated alkanes) is 2. The van der Waals surface area contributed by atoms with E-state index in [1.807, 2.05) is 49.2 Å². The maximum absolute atomic E-state index is 12.6. The van der Waals surface area contributed by atoms with E-state index in [-0.39, 0.29) is 4.90 Å². The molecule has 0 bridgehead atoms. The van der Waals surface area contributed by atoms with Gasteiger partial charge in [-0.3, -0.25) is 0 Å². The Hall–Kier alpha value is -2.05. The fraction of sp³-hybridized carbons (Fsp3) is 0.478. The Morgan fingerprint density at radius 2 is 1.62 bits per heavy atom. The van der Waals surface area contributed by atoms with Crippen LogP contribution < -0.4 is 15.2 Å². The van der Waals surface area contributed by atoms with Crippen LogP contribution in [0.25, 0.3) is 0 Å². The molecular weight excluding hydrogens is 384 g/mol. The van der Waals surface area contributed by atoms with Crippen molar-refractivity contribution in [1.29, 1.82) is 0 Å². The fourth-order valence-corrected chi connectivity index (χ4v) is 3.90. The van der Waals surface area contributed by atoms with Gasteiger partial charge < -0.3 is 9.75 Å². The first kappa shape index (κ1) is 23.2. The second-order valence-electron chi connectivity index (χ2n) is 7.57. The molecule has 0 aromatic heterocycles. The molecule has 5 nitrogen and oxygen atoms in total. The first-order chi connectivity index (χ1) is 13.8. The minimum absolute atomic E-state index is 0.215. The van der Waals surface area contributed by atoms with Crippen LogP contribution in [0, 0.1) is 13.8 Å². The second kappa shape index (κ2) is 10.6. The summed E-state index contributed by atoms with van der Waals surface area (Å²) in [5.74, 6) is 0.997. The smallest absolute Gasteiger partial charge is 0.179 e. The van der Waals surface area contributed by atoms with Crippen molar-refractivity contribution in [2.45, 2.75) is 58.3 Å². The molecular formula is C23H34N2O3S. The highest BCUT2D eigenvalue weighted by Crippen LogP contribution is 2.39. The lowest BCUT2D eigenvalue weighted by molar-refractivity contribution is 0.461. The predicted molar refractivity (Wildman–Crippen MR) is 121 cm³/mol. The molecule has 0 atom stereocenters. The van der Waals surface area contributed by atoms with E-state index in [4.69, 9.17) is 4.74 Å². The van der Waals surface area contributed by atoms with Gasteiger partial charge in [-0.2, -0.15) is 0 Å². The molecule has 2 aromatic carbocycles. The van der Waals surface area contributed by atoms with Gasteiger partial charge in [0.25, 0.3) is 0 Å². The maximum atomic E-state index is 12.6. The molecule has 0 unspecified atom stereocenters. The van der Waals surface area contributed by atoms with Gasteiger partial charge in [-0.1, -0.05) is 44.4 Å². The first-order valence-corrected chi connectivity index (χ1v) is 12.3. The standard InChI is InChI=1S/C23H34N2O3S/c1-6-8-14-24-25(15-9-7-2)21-16-19(4)17-22(29(5,26)27)23(21)28-20-12-10-18(3)11-13-20/h10-13,16-17,24H,6-9,14-15H2,1-5H3. The lowest BCUT2D eigenvalue weighted by Gasteiger charge is -2.29. The molecule has 0 aliphatic carbocycles. The summed E-state index contributed by atoms with van der Waals surface area (Å²) in [6.45, 7) is 9.82. The molecule has 2 aromatic rings. The van der Waals surface area contributed by atoms with E-state index in [0.717, 1.165) is 55.6 Å². The molecule has 160 valence electrons. The second-order valence-corrected chi connectivity index (χ2v) is 9.55. The number of nitrogens with one attached hydrogen (secondary N) is 1. The van der Waals surface area contributed by atoms with Crippen molar-refractivity contribution in [2.24, 2.45) is 0 Å². The molecule has 0 radical (unpaired) electrons. The zero-order valence-electron chi connectivity index (χ0n) is 18.3. The van der Waals surface area contributed by atoms with Gasteiger partial charge in [0.15, 0.2) is 15.6 Å². The average molecular weight is 419 g/mol. The Morgan fingerprint density at radius 1 is 0.966 bits per heavy atom. The lowest BCUT2D eigenvalue weighted by Crippen LogP contribution is -2.40. The van der Waals surface area contributed by atoms with Crippen molar-refractivity contribution in [3.8, 4) is 11.5 Å². The SMILES string of the molecule is CCCCNN(CCCC)c1cc(C)cc(S(C)(=O)=O)c1Oc1ccc(C)cc1. The van der Waals surface area contributed by atoms with Gasteiger partial charge in [0, 0.05) is 19.3 Å². The number of sulfone groups is 1. The van der Waals surface area contributed by atoms with E-state index in [1.165, 1.54) is 6.26 Å². The van der Waals surface area contributed by atoms with Crippen molar-refractivity contribution >= 4 is 15.5 Å². The number of rotatable bonds is 11. The van der Waals surface area contributed by atoms with Gasteiger partial charge in [-0.05, 0) is 56.5 Å². The van der Waals surface area contributed by atoms with Gasteiger partial charge in [-0.25, -0.2) is 13.8 Å². The molecule has 29 heavy (non-hydrogen) atoms. The van der Waals surface area contributed by atoms with Gasteiger partial charge in [-0.15, -0.1) is 0 Å². The number of ether oxygens (including phenoxy) is 1. The van der Waals surface area contributed by atoms with Gasteiger partial charge in [0.05, 0.1) is 5.69 Å². The number of anilines is 1. The minimum atomic E-state index is -3.47. The van der Waals surface area contributed by atoms with Crippen molar-refractivity contribution < 1.29 is 13.2 Å². The summed E-state index contributed by atoms with van der Waals surface area (Å²) in [7, 11) is -3.47. The normalized spacial score (nSPS) is 11.5. The number of nitrogens with zero attached hydrogens (tertiary/aromatic N) is 1. The van der Waals surface area contributed by atoms with Crippen LogP contribution in [0.15, 0.2) is 41.3 Å². The van der Waals surface area contributed by atoms with E-state index in [2.05, 4.69) is 19.3 Å². The highest BCUT2D eigenvalue weighted by molar-refractivity contribution is 7.90. The van der Waals surface area contributed by atoms with Crippen LogP contribution >= 0.6 is 0 Å². The van der Waals surface area contributed by atoms with Gasteiger partial charge >= 0.3 is 0 Å². The summed E-state index contributed by atoms with van der Waals surface area (Å²) in [4.78, 5) is 0.215. The Bertz CT molecular complexity index is 893. The predicted octanol–water partition coefficient (Wildman–Crippen LogP) is 5.41. The Morgan fingerprint density at radius 3 is 2.21 bits per heavy atom. The van der Waals surface area contributed by atoms with Crippen LogP contribution in [-0.4, -0.2) is 27.8 Å². The summed E-state index contributed by atoms with van der Waals surface area (Å²) in [6.07, 6.45) is 5.40. The van der Waals surface area contributed by atoms with Crippen LogP contribution in [0.5, 0.6) is 11.5 Å². The highest BCUT2D eigenvalue weighted by Gasteiger charge is 2.23. The molecule has 0 fully saturated rings. The molecule has 0 aliphatic heterocycles. The largest absolute Gasteiger partial charge is 0.454 e. The van der Waals surface area contributed by atoms with Crippen molar-refractivity contribution in [3.05, 3.63) is 47.5 Å². The number of hydrogen-bond acceptors (Lipinski definition) is 5. The molecule has 6 heteroatoms.